The van der Waals surface area contributed by atoms with Gasteiger partial charge in [-0.05, 0) is 30.9 Å². The predicted molar refractivity (Wildman–Crippen MR) is 69.2 cm³/mol. The van der Waals surface area contributed by atoms with Crippen LogP contribution in [0.25, 0.3) is 0 Å². The lowest BCUT2D eigenvalue weighted by Crippen LogP contribution is -2.10. The average Bonchev–Trinajstić information content (AvgIpc) is 3.26. The number of nitrogens with zero attached hydrogens (tertiary/aromatic N) is 1. The molecule has 7 heteroatoms. The van der Waals surface area contributed by atoms with Crippen LogP contribution in [0.2, 0.25) is 0 Å². The maximum atomic E-state index is 11.6. The number of benzene rings is 1. The van der Waals surface area contributed by atoms with E-state index in [1.165, 1.54) is 26.4 Å². The lowest BCUT2D eigenvalue weighted by atomic mass is 10.1. The van der Waals surface area contributed by atoms with Gasteiger partial charge in [-0.25, -0.2) is 4.79 Å². The standard InChI is InChI=1S/C13H15NO6/c1-18-10-6-5-9(13(15)19-2)11(14(16)17)12(10)20-7-8-3-4-8/h5-6,8H,3-4,7H2,1-2H3. The molecule has 0 N–H and O–H groups in total. The van der Waals surface area contributed by atoms with Crippen molar-refractivity contribution in [2.24, 2.45) is 5.92 Å². The van der Waals surface area contributed by atoms with Crippen LogP contribution in [0.15, 0.2) is 12.1 Å². The highest BCUT2D eigenvalue weighted by molar-refractivity contribution is 5.95. The lowest BCUT2D eigenvalue weighted by Gasteiger charge is -2.12. The molecule has 0 bridgehead atoms. The topological polar surface area (TPSA) is 87.9 Å². The summed E-state index contributed by atoms with van der Waals surface area (Å²) in [6.45, 7) is 0.377. The molecule has 7 nitrogen and oxygen atoms in total. The molecule has 0 spiro atoms. The van der Waals surface area contributed by atoms with Crippen LogP contribution >= 0.6 is 0 Å². The van der Waals surface area contributed by atoms with Gasteiger partial charge in [-0.2, -0.15) is 0 Å². The van der Waals surface area contributed by atoms with Crippen LogP contribution in [0.4, 0.5) is 5.69 Å². The Hall–Kier alpha value is -2.31. The molecule has 1 aliphatic rings. The van der Waals surface area contributed by atoms with E-state index in [1.807, 2.05) is 0 Å². The molecule has 0 heterocycles. The van der Waals surface area contributed by atoms with Crippen LogP contribution in [-0.4, -0.2) is 31.7 Å². The lowest BCUT2D eigenvalue weighted by molar-refractivity contribution is -0.386. The number of nitro groups is 1. The summed E-state index contributed by atoms with van der Waals surface area (Å²) >= 11 is 0. The summed E-state index contributed by atoms with van der Waals surface area (Å²) < 4.78 is 15.1. The van der Waals surface area contributed by atoms with Crippen molar-refractivity contribution >= 4 is 11.7 Å². The van der Waals surface area contributed by atoms with Crippen LogP contribution in [-0.2, 0) is 4.74 Å². The zero-order chi connectivity index (χ0) is 14.7. The highest BCUT2D eigenvalue weighted by atomic mass is 16.6. The molecule has 0 radical (unpaired) electrons. The third-order valence-electron chi connectivity index (χ3n) is 3.06. The van der Waals surface area contributed by atoms with Gasteiger partial charge >= 0.3 is 11.7 Å². The number of rotatable bonds is 6. The number of carbonyl (C=O) groups excluding carboxylic acids is 1. The summed E-state index contributed by atoms with van der Waals surface area (Å²) in [5.74, 6) is -0.158. The second-order valence-electron chi connectivity index (χ2n) is 4.50. The Kier molecular flexibility index (Phi) is 4.07. The Bertz CT molecular complexity index is 538. The summed E-state index contributed by atoms with van der Waals surface area (Å²) in [4.78, 5) is 22.2. The van der Waals surface area contributed by atoms with Crippen molar-refractivity contribution in [3.05, 3.63) is 27.8 Å². The molecule has 1 fully saturated rings. The predicted octanol–water partition coefficient (Wildman–Crippen LogP) is 2.18. The molecule has 0 unspecified atom stereocenters. The molecule has 0 aromatic heterocycles. The molecule has 1 aromatic carbocycles. The second kappa shape index (κ2) is 5.77. The highest BCUT2D eigenvalue weighted by Gasteiger charge is 2.31. The summed E-state index contributed by atoms with van der Waals surface area (Å²) in [5.41, 5.74) is -0.569. The van der Waals surface area contributed by atoms with Crippen molar-refractivity contribution in [3.8, 4) is 11.5 Å². The van der Waals surface area contributed by atoms with E-state index in [2.05, 4.69) is 4.74 Å². The number of hydrogen-bond acceptors (Lipinski definition) is 6. The smallest absolute Gasteiger partial charge is 0.345 e. The van der Waals surface area contributed by atoms with Crippen LogP contribution in [0.5, 0.6) is 11.5 Å². The molecule has 0 atom stereocenters. The minimum Gasteiger partial charge on any atom is -0.493 e. The first-order valence-electron chi connectivity index (χ1n) is 6.15. The first-order valence-corrected chi connectivity index (χ1v) is 6.15. The van der Waals surface area contributed by atoms with Gasteiger partial charge in [-0.15, -0.1) is 0 Å². The van der Waals surface area contributed by atoms with Gasteiger partial charge in [-0.1, -0.05) is 0 Å². The molecule has 0 amide bonds. The zero-order valence-electron chi connectivity index (χ0n) is 11.3. The number of hydrogen-bond donors (Lipinski definition) is 0. The minimum absolute atomic E-state index is 0.0210. The number of carbonyl (C=O) groups is 1. The molecule has 0 saturated heterocycles. The fourth-order valence-electron chi connectivity index (χ4n) is 1.79. The molecular weight excluding hydrogens is 266 g/mol. The number of ether oxygens (including phenoxy) is 3. The van der Waals surface area contributed by atoms with Gasteiger partial charge in [0, 0.05) is 0 Å². The normalized spacial score (nSPS) is 13.7. The van der Waals surface area contributed by atoms with Gasteiger partial charge in [0.15, 0.2) is 5.75 Å². The van der Waals surface area contributed by atoms with Gasteiger partial charge < -0.3 is 14.2 Å². The SMILES string of the molecule is COC(=O)c1ccc(OC)c(OCC2CC2)c1[N+](=O)[O-]. The fourth-order valence-corrected chi connectivity index (χ4v) is 1.79. The van der Waals surface area contributed by atoms with E-state index in [4.69, 9.17) is 9.47 Å². The molecule has 1 aromatic rings. The number of nitro benzene ring substituents is 1. The molecule has 1 aliphatic carbocycles. The summed E-state index contributed by atoms with van der Waals surface area (Å²) in [6.07, 6.45) is 2.10. The summed E-state index contributed by atoms with van der Waals surface area (Å²) in [7, 11) is 2.56. The largest absolute Gasteiger partial charge is 0.493 e. The molecule has 2 rings (SSSR count). The maximum Gasteiger partial charge on any atom is 0.345 e. The van der Waals surface area contributed by atoms with Crippen LogP contribution in [0.1, 0.15) is 23.2 Å². The van der Waals surface area contributed by atoms with E-state index in [0.717, 1.165) is 12.8 Å². The Morgan fingerprint density at radius 1 is 1.40 bits per heavy atom. The number of methoxy groups -OCH3 is 2. The molecule has 1 saturated carbocycles. The van der Waals surface area contributed by atoms with Gasteiger partial charge in [-0.3, -0.25) is 10.1 Å². The fraction of sp³-hybridized carbons (Fsp3) is 0.462. The first-order chi connectivity index (χ1) is 9.58. The van der Waals surface area contributed by atoms with Gasteiger partial charge in [0.05, 0.1) is 25.7 Å². The van der Waals surface area contributed by atoms with E-state index >= 15 is 0 Å². The maximum absolute atomic E-state index is 11.6. The minimum atomic E-state index is -0.782. The zero-order valence-corrected chi connectivity index (χ0v) is 11.3. The quantitative estimate of drug-likeness (QED) is 0.451. The Morgan fingerprint density at radius 3 is 2.60 bits per heavy atom. The molecule has 108 valence electrons. The first kappa shape index (κ1) is 14.1. The third kappa shape index (κ3) is 2.81. The Morgan fingerprint density at radius 2 is 2.10 bits per heavy atom. The Labute approximate surface area is 115 Å². The monoisotopic (exact) mass is 281 g/mol. The van der Waals surface area contributed by atoms with E-state index in [0.29, 0.717) is 12.5 Å². The van der Waals surface area contributed by atoms with Crippen molar-refractivity contribution in [2.75, 3.05) is 20.8 Å². The summed E-state index contributed by atoms with van der Waals surface area (Å²) in [5, 5.41) is 11.3. The van der Waals surface area contributed by atoms with Crippen LogP contribution in [0, 0.1) is 16.0 Å². The third-order valence-corrected chi connectivity index (χ3v) is 3.06. The second-order valence-corrected chi connectivity index (χ2v) is 4.50. The molecule has 0 aliphatic heterocycles. The Balaban J connectivity index is 2.46. The van der Waals surface area contributed by atoms with E-state index < -0.39 is 16.6 Å². The highest BCUT2D eigenvalue weighted by Crippen LogP contribution is 2.41. The van der Waals surface area contributed by atoms with Gasteiger partial charge in [0.25, 0.3) is 0 Å². The van der Waals surface area contributed by atoms with Crippen molar-refractivity contribution in [3.63, 3.8) is 0 Å². The molecular formula is C13H15NO6. The van der Waals surface area contributed by atoms with E-state index in [9.17, 15) is 14.9 Å². The van der Waals surface area contributed by atoms with Crippen molar-refractivity contribution < 1.29 is 23.9 Å². The van der Waals surface area contributed by atoms with Crippen LogP contribution in [0.3, 0.4) is 0 Å². The number of esters is 1. The molecule has 20 heavy (non-hydrogen) atoms. The van der Waals surface area contributed by atoms with Crippen molar-refractivity contribution in [1.29, 1.82) is 0 Å². The van der Waals surface area contributed by atoms with Crippen molar-refractivity contribution in [2.45, 2.75) is 12.8 Å². The van der Waals surface area contributed by atoms with E-state index in [1.54, 1.807) is 0 Å². The van der Waals surface area contributed by atoms with E-state index in [-0.39, 0.29) is 17.1 Å². The summed E-state index contributed by atoms with van der Waals surface area (Å²) in [6, 6.07) is 2.76. The van der Waals surface area contributed by atoms with Gasteiger partial charge in [0.2, 0.25) is 5.75 Å². The average molecular weight is 281 g/mol. The van der Waals surface area contributed by atoms with Gasteiger partial charge in [0.1, 0.15) is 5.56 Å². The van der Waals surface area contributed by atoms with Crippen LogP contribution < -0.4 is 9.47 Å². The van der Waals surface area contributed by atoms with Crippen molar-refractivity contribution in [1.82, 2.24) is 0 Å².